The summed E-state index contributed by atoms with van der Waals surface area (Å²) in [6.45, 7) is 14.0. The number of anilines is 1. The summed E-state index contributed by atoms with van der Waals surface area (Å²) in [4.78, 5) is 4.63. The van der Waals surface area contributed by atoms with Crippen LogP contribution in [0.3, 0.4) is 0 Å². The molecule has 0 fully saturated rings. The first-order valence-corrected chi connectivity index (χ1v) is 17.0. The summed E-state index contributed by atoms with van der Waals surface area (Å²) >= 11 is 1.16. The summed E-state index contributed by atoms with van der Waals surface area (Å²) in [7, 11) is -2.06. The van der Waals surface area contributed by atoms with Crippen LogP contribution >= 0.6 is 11.3 Å². The highest BCUT2D eigenvalue weighted by Gasteiger charge is 2.18. The molecule has 2 aromatic rings. The zero-order chi connectivity index (χ0) is 32.7. The summed E-state index contributed by atoms with van der Waals surface area (Å²) in [5.41, 5.74) is 3.61. The number of nitrogens with zero attached hydrogens (tertiary/aromatic N) is 6. The maximum atomic E-state index is 10.8. The zero-order valence-corrected chi connectivity index (χ0v) is 28.1. The first-order valence-electron chi connectivity index (χ1n) is 14.5. The van der Waals surface area contributed by atoms with Crippen LogP contribution in [0.4, 0.5) is 16.4 Å². The van der Waals surface area contributed by atoms with E-state index in [4.69, 9.17) is 18.8 Å². The van der Waals surface area contributed by atoms with Gasteiger partial charge in [-0.25, -0.2) is 0 Å². The third kappa shape index (κ3) is 13.0. The van der Waals surface area contributed by atoms with Crippen molar-refractivity contribution in [2.24, 2.45) is 10.2 Å². The van der Waals surface area contributed by atoms with E-state index < -0.39 is 10.1 Å². The summed E-state index contributed by atoms with van der Waals surface area (Å²) in [5.74, 6) is -0.250. The highest BCUT2D eigenvalue weighted by Crippen LogP contribution is 2.36. The normalized spacial score (nSPS) is 12.6. The van der Waals surface area contributed by atoms with E-state index in [1.807, 2.05) is 50.9 Å². The molecule has 2 rings (SSSR count). The van der Waals surface area contributed by atoms with Crippen LogP contribution in [-0.2, 0) is 24.3 Å². The number of hydrogen-bond donors (Lipinski definition) is 1. The Labute approximate surface area is 265 Å². The van der Waals surface area contributed by atoms with Crippen LogP contribution in [0, 0.1) is 36.5 Å². The molecule has 0 radical (unpaired) electrons. The molecular weight excluding hydrogens is 604 g/mol. The van der Waals surface area contributed by atoms with Crippen LogP contribution in [0.15, 0.2) is 28.4 Å². The molecule has 12 nitrogen and oxygen atoms in total. The van der Waals surface area contributed by atoms with E-state index in [9.17, 15) is 18.9 Å². The molecule has 1 aromatic heterocycles. The largest absolute Gasteiger partial charge is 0.378 e. The van der Waals surface area contributed by atoms with Gasteiger partial charge in [-0.15, -0.1) is 21.6 Å². The van der Waals surface area contributed by atoms with Crippen molar-refractivity contribution in [1.82, 2.24) is 4.90 Å². The second-order valence-corrected chi connectivity index (χ2v) is 13.2. The van der Waals surface area contributed by atoms with Gasteiger partial charge in [-0.05, 0) is 84.0 Å². The maximum absolute atomic E-state index is 10.8. The molecule has 0 aliphatic rings. The van der Waals surface area contributed by atoms with Gasteiger partial charge in [-0.2, -0.15) is 18.9 Å². The molecule has 1 atom stereocenters. The van der Waals surface area contributed by atoms with Crippen LogP contribution in [0.2, 0.25) is 0 Å². The smallest absolute Gasteiger partial charge is 0.264 e. The highest BCUT2D eigenvalue weighted by atomic mass is 32.2. The van der Waals surface area contributed by atoms with E-state index in [1.165, 1.54) is 0 Å². The average Bonchev–Trinajstić information content (AvgIpc) is 3.28. The molecule has 14 heteroatoms. The fraction of sp³-hybridized carbons (Fsp3) is 0.600. The maximum Gasteiger partial charge on any atom is 0.264 e. The molecule has 44 heavy (non-hydrogen) atoms. The summed E-state index contributed by atoms with van der Waals surface area (Å²) < 4.78 is 48.3. The van der Waals surface area contributed by atoms with E-state index in [-0.39, 0.29) is 18.0 Å². The van der Waals surface area contributed by atoms with Gasteiger partial charge in [0.25, 0.3) is 10.1 Å². The number of thiophene rings is 1. The second kappa shape index (κ2) is 18.8. The molecule has 1 unspecified atom stereocenters. The Bertz CT molecular complexity index is 1410. The van der Waals surface area contributed by atoms with Crippen molar-refractivity contribution in [3.05, 3.63) is 39.8 Å². The number of nitriles is 2. The molecule has 0 saturated heterocycles. The van der Waals surface area contributed by atoms with E-state index in [0.29, 0.717) is 79.2 Å². The van der Waals surface area contributed by atoms with Gasteiger partial charge in [0.2, 0.25) is 0 Å². The molecule has 242 valence electrons. The van der Waals surface area contributed by atoms with E-state index >= 15 is 0 Å². The number of benzene rings is 1. The molecule has 0 bridgehead atoms. The van der Waals surface area contributed by atoms with Crippen molar-refractivity contribution in [1.29, 1.82) is 10.5 Å². The number of azo groups is 1. The quantitative estimate of drug-likeness (QED) is 0.112. The minimum atomic E-state index is -3.93. The Morgan fingerprint density at radius 3 is 2.43 bits per heavy atom. The molecular formula is C30H44N6O6S2. The van der Waals surface area contributed by atoms with Crippen LogP contribution in [0.25, 0.3) is 0 Å². The minimum Gasteiger partial charge on any atom is -0.378 e. The van der Waals surface area contributed by atoms with Crippen LogP contribution < -0.4 is 4.90 Å². The van der Waals surface area contributed by atoms with Gasteiger partial charge < -0.3 is 24.0 Å². The Kier molecular flexibility index (Phi) is 15.9. The SMILES string of the molecule is CCN(CC(COC(C)C)OCCOCCN(C)CCCS(=O)(=O)O)c1ccc(N=Nc2sc(C#N)c(C)c2C#N)c(C)c1. The fourth-order valence-electron chi connectivity index (χ4n) is 4.20. The average molecular weight is 649 g/mol. The second-order valence-electron chi connectivity index (χ2n) is 10.6. The first kappa shape index (κ1) is 37.2. The van der Waals surface area contributed by atoms with Crippen molar-refractivity contribution in [3.63, 3.8) is 0 Å². The van der Waals surface area contributed by atoms with Gasteiger partial charge in [0.15, 0.2) is 5.00 Å². The van der Waals surface area contributed by atoms with E-state index in [0.717, 1.165) is 29.1 Å². The number of rotatable bonds is 20. The Morgan fingerprint density at radius 2 is 1.82 bits per heavy atom. The summed E-state index contributed by atoms with van der Waals surface area (Å²) in [6, 6.07) is 10.1. The van der Waals surface area contributed by atoms with Crippen molar-refractivity contribution in [2.45, 2.75) is 53.2 Å². The number of ether oxygens (including phenoxy) is 3. The van der Waals surface area contributed by atoms with E-state index in [1.54, 1.807) is 6.92 Å². The monoisotopic (exact) mass is 648 g/mol. The third-order valence-electron chi connectivity index (χ3n) is 6.70. The predicted octanol–water partition coefficient (Wildman–Crippen LogP) is 5.39. The van der Waals surface area contributed by atoms with Crippen LogP contribution in [0.1, 0.15) is 48.8 Å². The molecule has 0 aliphatic carbocycles. The van der Waals surface area contributed by atoms with Gasteiger partial charge >= 0.3 is 0 Å². The first-order chi connectivity index (χ1) is 20.9. The van der Waals surface area contributed by atoms with Gasteiger partial charge in [0, 0.05) is 25.3 Å². The van der Waals surface area contributed by atoms with Crippen LogP contribution in [0.5, 0.6) is 0 Å². The molecule has 1 aromatic carbocycles. The third-order valence-corrected chi connectivity index (χ3v) is 8.58. The zero-order valence-electron chi connectivity index (χ0n) is 26.4. The van der Waals surface area contributed by atoms with Gasteiger partial charge in [-0.3, -0.25) is 4.55 Å². The van der Waals surface area contributed by atoms with Crippen molar-refractivity contribution in [3.8, 4) is 12.1 Å². The number of likely N-dealkylation sites (N-methyl/N-ethyl adjacent to an activating group) is 2. The van der Waals surface area contributed by atoms with Gasteiger partial charge in [0.05, 0.1) is 55.6 Å². The fourth-order valence-corrected chi connectivity index (χ4v) is 5.57. The number of hydrogen-bond acceptors (Lipinski definition) is 12. The molecule has 1 N–H and O–H groups in total. The van der Waals surface area contributed by atoms with Crippen molar-refractivity contribution >= 4 is 37.8 Å². The Balaban J connectivity index is 1.95. The molecule has 0 amide bonds. The summed E-state index contributed by atoms with van der Waals surface area (Å²) in [5, 5.41) is 27.8. The van der Waals surface area contributed by atoms with E-state index in [2.05, 4.69) is 34.2 Å². The van der Waals surface area contributed by atoms with Gasteiger partial charge in [0.1, 0.15) is 17.0 Å². The Hall–Kier alpha value is -2.95. The standard InChI is InChI=1S/C30H44N6O6S2/c1-7-36(25-9-10-28(23(4)17-25)33-34-30-27(18-31)24(5)29(19-32)43-30)20-26(21-42-22(2)3)41-15-14-40-13-12-35(6)11-8-16-44(37,38)39/h9-10,17,22,26H,7-8,11-16,20-21H2,1-6H3,(H,37,38,39). The molecule has 1 heterocycles. The Morgan fingerprint density at radius 1 is 1.07 bits per heavy atom. The van der Waals surface area contributed by atoms with Gasteiger partial charge in [-0.1, -0.05) is 0 Å². The number of aryl methyl sites for hydroxylation is 1. The van der Waals surface area contributed by atoms with Crippen molar-refractivity contribution < 1.29 is 27.2 Å². The molecule has 0 aliphatic heterocycles. The lowest BCUT2D eigenvalue weighted by molar-refractivity contribution is -0.0484. The topological polar surface area (TPSA) is 161 Å². The summed E-state index contributed by atoms with van der Waals surface area (Å²) in [6.07, 6.45) is 0.233. The highest BCUT2D eigenvalue weighted by molar-refractivity contribution is 7.85. The molecule has 0 saturated carbocycles. The van der Waals surface area contributed by atoms with Crippen LogP contribution in [-0.4, -0.2) is 95.5 Å². The predicted molar refractivity (Wildman–Crippen MR) is 172 cm³/mol. The lowest BCUT2D eigenvalue weighted by Gasteiger charge is -2.29. The lowest BCUT2D eigenvalue weighted by atomic mass is 10.1. The van der Waals surface area contributed by atoms with Crippen molar-refractivity contribution in [2.75, 3.05) is 70.3 Å². The molecule has 0 spiro atoms. The lowest BCUT2D eigenvalue weighted by Crippen LogP contribution is -2.38. The minimum absolute atomic E-state index is 0.0635.